The summed E-state index contributed by atoms with van der Waals surface area (Å²) in [7, 11) is 0. The summed E-state index contributed by atoms with van der Waals surface area (Å²) < 4.78 is 0. The molecule has 1 amide bonds. The molecule has 1 fully saturated rings. The fourth-order valence-electron chi connectivity index (χ4n) is 3.25. The predicted octanol–water partition coefficient (Wildman–Crippen LogP) is 2.93. The first-order valence-corrected chi connectivity index (χ1v) is 8.94. The third kappa shape index (κ3) is 3.65. The lowest BCUT2D eigenvalue weighted by Crippen LogP contribution is -2.49. The van der Waals surface area contributed by atoms with E-state index in [1.807, 2.05) is 43.0 Å². The number of anilines is 1. The Morgan fingerprint density at radius 1 is 1.00 bits per heavy atom. The van der Waals surface area contributed by atoms with E-state index in [1.54, 1.807) is 0 Å². The zero-order valence-electron chi connectivity index (χ0n) is 15.5. The van der Waals surface area contributed by atoms with E-state index in [9.17, 15) is 4.79 Å². The smallest absolute Gasteiger partial charge is 0.253 e. The van der Waals surface area contributed by atoms with Crippen molar-refractivity contribution in [2.24, 2.45) is 0 Å². The van der Waals surface area contributed by atoms with Crippen LogP contribution in [0.5, 0.6) is 0 Å². The molecule has 0 N–H and O–H groups in total. The molecule has 2 heterocycles. The molecule has 1 aliphatic rings. The van der Waals surface area contributed by atoms with Crippen LogP contribution in [0.2, 0.25) is 0 Å². The molecule has 0 aliphatic carbocycles. The largest absolute Gasteiger partial charge is 0.353 e. The van der Waals surface area contributed by atoms with Crippen LogP contribution in [0.4, 0.5) is 5.82 Å². The van der Waals surface area contributed by atoms with Crippen molar-refractivity contribution in [2.45, 2.75) is 34.1 Å². The lowest BCUT2D eigenvalue weighted by atomic mass is 10.1. The molecule has 0 atom stereocenters. The van der Waals surface area contributed by atoms with Gasteiger partial charge in [0.2, 0.25) is 0 Å². The minimum absolute atomic E-state index is 0.120. The molecule has 3 rings (SSSR count). The Kier molecular flexibility index (Phi) is 5.02. The van der Waals surface area contributed by atoms with Crippen LogP contribution in [0, 0.1) is 20.8 Å². The Hall–Kier alpha value is -2.43. The van der Waals surface area contributed by atoms with Crippen molar-refractivity contribution in [1.29, 1.82) is 0 Å². The summed E-state index contributed by atoms with van der Waals surface area (Å²) in [6.07, 6.45) is 0.990. The van der Waals surface area contributed by atoms with Crippen molar-refractivity contribution in [3.8, 4) is 0 Å². The number of aromatic nitrogens is 2. The zero-order valence-corrected chi connectivity index (χ0v) is 15.5. The molecule has 0 bridgehead atoms. The number of benzene rings is 1. The monoisotopic (exact) mass is 338 g/mol. The Balaban J connectivity index is 1.68. The zero-order chi connectivity index (χ0) is 18.0. The Morgan fingerprint density at radius 2 is 1.64 bits per heavy atom. The first-order chi connectivity index (χ1) is 12.0. The first-order valence-electron chi connectivity index (χ1n) is 8.94. The number of hydrogen-bond donors (Lipinski definition) is 0. The fraction of sp³-hybridized carbons (Fsp3) is 0.450. The molecule has 1 aliphatic heterocycles. The number of hydrogen-bond acceptors (Lipinski definition) is 4. The number of rotatable bonds is 3. The highest BCUT2D eigenvalue weighted by Crippen LogP contribution is 2.21. The maximum atomic E-state index is 12.7. The minimum atomic E-state index is 0.120. The summed E-state index contributed by atoms with van der Waals surface area (Å²) in [4.78, 5) is 25.9. The topological polar surface area (TPSA) is 49.3 Å². The lowest BCUT2D eigenvalue weighted by Gasteiger charge is -2.36. The lowest BCUT2D eigenvalue weighted by molar-refractivity contribution is 0.0746. The van der Waals surface area contributed by atoms with E-state index < -0.39 is 0 Å². The third-order valence-electron chi connectivity index (χ3n) is 4.95. The number of carbonyl (C=O) groups is 1. The molecule has 25 heavy (non-hydrogen) atoms. The molecule has 2 aromatic rings. The highest BCUT2D eigenvalue weighted by molar-refractivity contribution is 5.94. The molecular formula is C20H26N4O. The molecule has 132 valence electrons. The van der Waals surface area contributed by atoms with Gasteiger partial charge in [-0.25, -0.2) is 9.97 Å². The van der Waals surface area contributed by atoms with Gasteiger partial charge in [-0.05, 0) is 44.9 Å². The molecule has 1 aromatic carbocycles. The number of amides is 1. The second-order valence-corrected chi connectivity index (χ2v) is 6.63. The fourth-order valence-corrected chi connectivity index (χ4v) is 3.25. The molecule has 5 heteroatoms. The third-order valence-corrected chi connectivity index (χ3v) is 4.95. The molecule has 0 radical (unpaired) electrons. The van der Waals surface area contributed by atoms with Crippen LogP contribution in [0.15, 0.2) is 24.3 Å². The van der Waals surface area contributed by atoms with Gasteiger partial charge in [0.1, 0.15) is 11.6 Å². The van der Waals surface area contributed by atoms with Gasteiger partial charge in [0.15, 0.2) is 0 Å². The second-order valence-electron chi connectivity index (χ2n) is 6.63. The van der Waals surface area contributed by atoms with Crippen LogP contribution in [0.25, 0.3) is 0 Å². The second kappa shape index (κ2) is 7.21. The van der Waals surface area contributed by atoms with Crippen molar-refractivity contribution >= 4 is 11.7 Å². The van der Waals surface area contributed by atoms with Gasteiger partial charge in [-0.3, -0.25) is 4.79 Å². The maximum absolute atomic E-state index is 12.7. The van der Waals surface area contributed by atoms with Gasteiger partial charge in [-0.1, -0.05) is 19.1 Å². The predicted molar refractivity (Wildman–Crippen MR) is 100 cm³/mol. The SMILES string of the molecule is CCc1ccc(C(=O)N2CCN(c3nc(C)nc(C)c3C)CC2)cc1. The Labute approximate surface area is 149 Å². The van der Waals surface area contributed by atoms with E-state index in [1.165, 1.54) is 5.56 Å². The summed E-state index contributed by atoms with van der Waals surface area (Å²) >= 11 is 0. The van der Waals surface area contributed by atoms with Crippen LogP contribution in [-0.4, -0.2) is 47.0 Å². The van der Waals surface area contributed by atoms with E-state index in [4.69, 9.17) is 0 Å². The van der Waals surface area contributed by atoms with Gasteiger partial charge in [0, 0.05) is 43.0 Å². The van der Waals surface area contributed by atoms with Gasteiger partial charge in [-0.15, -0.1) is 0 Å². The van der Waals surface area contributed by atoms with Crippen molar-refractivity contribution < 1.29 is 4.79 Å². The number of carbonyl (C=O) groups excluding carboxylic acids is 1. The van der Waals surface area contributed by atoms with E-state index in [2.05, 4.69) is 28.7 Å². The normalized spacial score (nSPS) is 14.7. The van der Waals surface area contributed by atoms with E-state index in [-0.39, 0.29) is 5.91 Å². The van der Waals surface area contributed by atoms with Crippen LogP contribution < -0.4 is 4.90 Å². The van der Waals surface area contributed by atoms with Gasteiger partial charge >= 0.3 is 0 Å². The molecule has 0 unspecified atom stereocenters. The summed E-state index contributed by atoms with van der Waals surface area (Å²) in [6.45, 7) is 11.2. The van der Waals surface area contributed by atoms with E-state index in [0.717, 1.165) is 61.1 Å². The summed E-state index contributed by atoms with van der Waals surface area (Å²) in [5.74, 6) is 1.92. The van der Waals surface area contributed by atoms with Gasteiger partial charge < -0.3 is 9.80 Å². The Morgan fingerprint density at radius 3 is 2.24 bits per heavy atom. The number of aryl methyl sites for hydroxylation is 3. The molecule has 0 spiro atoms. The number of nitrogens with zero attached hydrogens (tertiary/aromatic N) is 4. The first kappa shape index (κ1) is 17.4. The highest BCUT2D eigenvalue weighted by atomic mass is 16.2. The van der Waals surface area contributed by atoms with Gasteiger partial charge in [0.25, 0.3) is 5.91 Å². The van der Waals surface area contributed by atoms with Gasteiger partial charge in [0.05, 0.1) is 0 Å². The minimum Gasteiger partial charge on any atom is -0.353 e. The molecule has 0 saturated carbocycles. The molecule has 1 saturated heterocycles. The van der Waals surface area contributed by atoms with Crippen molar-refractivity contribution in [3.05, 3.63) is 52.5 Å². The molecular weight excluding hydrogens is 312 g/mol. The van der Waals surface area contributed by atoms with Crippen molar-refractivity contribution in [2.75, 3.05) is 31.1 Å². The van der Waals surface area contributed by atoms with Crippen molar-refractivity contribution in [3.63, 3.8) is 0 Å². The Bertz CT molecular complexity index is 762. The van der Waals surface area contributed by atoms with E-state index >= 15 is 0 Å². The molecule has 5 nitrogen and oxygen atoms in total. The van der Waals surface area contributed by atoms with Crippen molar-refractivity contribution in [1.82, 2.24) is 14.9 Å². The summed E-state index contributed by atoms with van der Waals surface area (Å²) in [5, 5.41) is 0. The molecule has 1 aromatic heterocycles. The quantitative estimate of drug-likeness (QED) is 0.863. The average molecular weight is 338 g/mol. The summed E-state index contributed by atoms with van der Waals surface area (Å²) in [6, 6.07) is 7.96. The van der Waals surface area contributed by atoms with E-state index in [0.29, 0.717) is 0 Å². The van der Waals surface area contributed by atoms with Crippen LogP contribution >= 0.6 is 0 Å². The van der Waals surface area contributed by atoms with Crippen LogP contribution in [-0.2, 0) is 6.42 Å². The number of piperazine rings is 1. The van der Waals surface area contributed by atoms with Crippen LogP contribution in [0.1, 0.15) is 39.9 Å². The van der Waals surface area contributed by atoms with Crippen LogP contribution in [0.3, 0.4) is 0 Å². The van der Waals surface area contributed by atoms with Gasteiger partial charge in [-0.2, -0.15) is 0 Å². The maximum Gasteiger partial charge on any atom is 0.253 e. The summed E-state index contributed by atoms with van der Waals surface area (Å²) in [5.41, 5.74) is 4.18. The average Bonchev–Trinajstić information content (AvgIpc) is 2.64. The standard InChI is InChI=1S/C20H26N4O/c1-5-17-6-8-18(9-7-17)20(25)24-12-10-23(11-13-24)19-14(2)15(3)21-16(4)22-19/h6-9H,5,10-13H2,1-4H3. The highest BCUT2D eigenvalue weighted by Gasteiger charge is 2.24.